The first-order valence-corrected chi connectivity index (χ1v) is 8.32. The van der Waals surface area contributed by atoms with Crippen molar-refractivity contribution in [3.05, 3.63) is 63.6 Å². The van der Waals surface area contributed by atoms with E-state index in [-0.39, 0.29) is 0 Å². The first-order chi connectivity index (χ1) is 11.9. The molecule has 7 heteroatoms. The third-order valence-electron chi connectivity index (χ3n) is 3.37. The first-order valence-electron chi connectivity index (χ1n) is 7.56. The Kier molecular flexibility index (Phi) is 6.56. The van der Waals surface area contributed by atoms with Gasteiger partial charge >= 0.3 is 11.8 Å². The van der Waals surface area contributed by atoms with Gasteiger partial charge in [-0.2, -0.15) is 5.10 Å². The average molecular weight is 378 g/mol. The highest BCUT2D eigenvalue weighted by molar-refractivity contribution is 6.39. The molecule has 0 unspecified atom stereocenters. The maximum Gasteiger partial charge on any atom is 0.329 e. The fourth-order valence-electron chi connectivity index (χ4n) is 1.96. The van der Waals surface area contributed by atoms with Gasteiger partial charge in [0.1, 0.15) is 0 Å². The topological polar surface area (TPSA) is 70.6 Å². The Balaban J connectivity index is 1.91. The highest BCUT2D eigenvalue weighted by Gasteiger charge is 2.13. The number of benzene rings is 2. The summed E-state index contributed by atoms with van der Waals surface area (Å²) in [7, 11) is 0. The number of halogens is 2. The minimum atomic E-state index is -0.880. The van der Waals surface area contributed by atoms with Crippen molar-refractivity contribution in [2.45, 2.75) is 19.8 Å². The van der Waals surface area contributed by atoms with E-state index in [0.29, 0.717) is 27.2 Å². The second-order valence-corrected chi connectivity index (χ2v) is 6.44. The Morgan fingerprint density at radius 2 is 1.72 bits per heavy atom. The molecule has 0 fully saturated rings. The number of nitrogens with zero attached hydrogens (tertiary/aromatic N) is 1. The molecule has 2 aromatic rings. The van der Waals surface area contributed by atoms with E-state index in [2.05, 4.69) is 29.7 Å². The number of hydrogen-bond donors (Lipinski definition) is 2. The molecule has 0 aliphatic carbocycles. The molecule has 2 amide bonds. The molecular formula is C18H17Cl2N3O2. The van der Waals surface area contributed by atoms with Crippen LogP contribution in [0.3, 0.4) is 0 Å². The van der Waals surface area contributed by atoms with Crippen molar-refractivity contribution in [3.8, 4) is 0 Å². The number of amides is 2. The van der Waals surface area contributed by atoms with Gasteiger partial charge in [0.15, 0.2) is 0 Å². The van der Waals surface area contributed by atoms with Crippen LogP contribution < -0.4 is 10.7 Å². The smallest absolute Gasteiger partial charge is 0.318 e. The summed E-state index contributed by atoms with van der Waals surface area (Å²) in [6, 6.07) is 12.1. The van der Waals surface area contributed by atoms with Crippen LogP contribution in [0.1, 0.15) is 30.9 Å². The molecule has 0 heterocycles. The van der Waals surface area contributed by atoms with E-state index < -0.39 is 11.8 Å². The molecule has 2 rings (SSSR count). The molecule has 0 radical (unpaired) electrons. The monoisotopic (exact) mass is 377 g/mol. The van der Waals surface area contributed by atoms with Gasteiger partial charge in [-0.1, -0.05) is 55.2 Å². The van der Waals surface area contributed by atoms with Gasteiger partial charge in [0.05, 0.1) is 11.2 Å². The molecule has 0 bridgehead atoms. The van der Waals surface area contributed by atoms with Gasteiger partial charge in [-0.15, -0.1) is 0 Å². The summed E-state index contributed by atoms with van der Waals surface area (Å²) in [6.07, 6.45) is 1.33. The second-order valence-electron chi connectivity index (χ2n) is 5.60. The molecule has 0 atom stereocenters. The molecule has 130 valence electrons. The van der Waals surface area contributed by atoms with Gasteiger partial charge in [0.2, 0.25) is 0 Å². The van der Waals surface area contributed by atoms with Crippen LogP contribution in [0.2, 0.25) is 10.0 Å². The maximum atomic E-state index is 11.8. The lowest BCUT2D eigenvalue weighted by Crippen LogP contribution is -2.32. The zero-order valence-electron chi connectivity index (χ0n) is 13.7. The molecule has 0 saturated carbocycles. The van der Waals surface area contributed by atoms with E-state index in [1.165, 1.54) is 6.21 Å². The summed E-state index contributed by atoms with van der Waals surface area (Å²) in [5, 5.41) is 7.11. The Bertz CT molecular complexity index is 802. The summed E-state index contributed by atoms with van der Waals surface area (Å²) in [5.74, 6) is -1.30. The van der Waals surface area contributed by atoms with Crippen molar-refractivity contribution in [1.82, 2.24) is 5.43 Å². The van der Waals surface area contributed by atoms with Gasteiger partial charge in [0.25, 0.3) is 0 Å². The van der Waals surface area contributed by atoms with Gasteiger partial charge in [-0.05, 0) is 35.7 Å². The van der Waals surface area contributed by atoms with E-state index in [1.807, 2.05) is 12.1 Å². The van der Waals surface area contributed by atoms with Crippen molar-refractivity contribution < 1.29 is 9.59 Å². The van der Waals surface area contributed by atoms with Crippen LogP contribution in [0, 0.1) is 0 Å². The number of anilines is 1. The first kappa shape index (κ1) is 19.0. The fraction of sp³-hybridized carbons (Fsp3) is 0.167. The number of rotatable bonds is 4. The third kappa shape index (κ3) is 5.59. The van der Waals surface area contributed by atoms with E-state index in [0.717, 1.165) is 5.56 Å². The molecule has 2 aromatic carbocycles. The number of hydrogen-bond acceptors (Lipinski definition) is 3. The number of nitrogens with one attached hydrogen (secondary N) is 2. The fourth-order valence-corrected chi connectivity index (χ4v) is 2.41. The minimum Gasteiger partial charge on any atom is -0.318 e. The number of carbonyl (C=O) groups is 2. The Hall–Kier alpha value is -2.37. The van der Waals surface area contributed by atoms with E-state index in [1.54, 1.807) is 30.3 Å². The van der Waals surface area contributed by atoms with Crippen molar-refractivity contribution >= 4 is 46.9 Å². The van der Waals surface area contributed by atoms with E-state index >= 15 is 0 Å². The van der Waals surface area contributed by atoms with Crippen LogP contribution in [0.5, 0.6) is 0 Å². The van der Waals surface area contributed by atoms with Crippen LogP contribution in [-0.2, 0) is 9.59 Å². The normalized spacial score (nSPS) is 10.9. The number of hydrazone groups is 1. The summed E-state index contributed by atoms with van der Waals surface area (Å²) >= 11 is 11.8. The lowest BCUT2D eigenvalue weighted by Gasteiger charge is -2.07. The average Bonchev–Trinajstić information content (AvgIpc) is 2.57. The van der Waals surface area contributed by atoms with Gasteiger partial charge < -0.3 is 5.32 Å². The molecule has 0 spiro atoms. The zero-order chi connectivity index (χ0) is 18.4. The van der Waals surface area contributed by atoms with Crippen molar-refractivity contribution in [2.75, 3.05) is 5.32 Å². The maximum absolute atomic E-state index is 11.8. The Morgan fingerprint density at radius 1 is 1.04 bits per heavy atom. The van der Waals surface area contributed by atoms with Gasteiger partial charge in [-0.3, -0.25) is 9.59 Å². The number of carbonyl (C=O) groups excluding carboxylic acids is 2. The van der Waals surface area contributed by atoms with Gasteiger partial charge in [0, 0.05) is 16.3 Å². The molecule has 0 aliphatic rings. The quantitative estimate of drug-likeness (QED) is 0.476. The largest absolute Gasteiger partial charge is 0.329 e. The van der Waals surface area contributed by atoms with Gasteiger partial charge in [-0.25, -0.2) is 5.43 Å². The Morgan fingerprint density at radius 3 is 2.32 bits per heavy atom. The summed E-state index contributed by atoms with van der Waals surface area (Å²) < 4.78 is 0. The molecule has 5 nitrogen and oxygen atoms in total. The molecule has 0 aromatic heterocycles. The third-order valence-corrected chi connectivity index (χ3v) is 3.94. The van der Waals surface area contributed by atoms with Crippen LogP contribution in [0.25, 0.3) is 0 Å². The summed E-state index contributed by atoms with van der Waals surface area (Å²) in [4.78, 5) is 23.6. The highest BCUT2D eigenvalue weighted by atomic mass is 35.5. The predicted octanol–water partition coefficient (Wildman–Crippen LogP) is 4.21. The van der Waals surface area contributed by atoms with Crippen molar-refractivity contribution in [2.24, 2.45) is 5.10 Å². The lowest BCUT2D eigenvalue weighted by molar-refractivity contribution is -0.136. The molecule has 0 aliphatic heterocycles. The zero-order valence-corrected chi connectivity index (χ0v) is 15.2. The summed E-state index contributed by atoms with van der Waals surface area (Å²) in [5.41, 5.74) is 4.40. The van der Waals surface area contributed by atoms with E-state index in [4.69, 9.17) is 23.2 Å². The Labute approximate surface area is 156 Å². The van der Waals surface area contributed by atoms with Crippen molar-refractivity contribution in [1.29, 1.82) is 0 Å². The SMILES string of the molecule is CC(C)c1ccc(NC(=O)C(=O)N/N=C/c2ccc(Cl)cc2Cl)cc1. The predicted molar refractivity (Wildman–Crippen MR) is 101 cm³/mol. The molecule has 0 saturated heterocycles. The van der Waals surface area contributed by atoms with Crippen molar-refractivity contribution in [3.63, 3.8) is 0 Å². The molecular weight excluding hydrogens is 361 g/mol. The van der Waals surface area contributed by atoms with Crippen LogP contribution in [0.4, 0.5) is 5.69 Å². The lowest BCUT2D eigenvalue weighted by atomic mass is 10.0. The van der Waals surface area contributed by atoms with E-state index in [9.17, 15) is 9.59 Å². The highest BCUT2D eigenvalue weighted by Crippen LogP contribution is 2.19. The van der Waals surface area contributed by atoms with Crippen LogP contribution in [-0.4, -0.2) is 18.0 Å². The molecule has 2 N–H and O–H groups in total. The second kappa shape index (κ2) is 8.65. The molecule has 25 heavy (non-hydrogen) atoms. The minimum absolute atomic E-state index is 0.389. The van der Waals surface area contributed by atoms with Crippen LogP contribution >= 0.6 is 23.2 Å². The standard InChI is InChI=1S/C18H17Cl2N3O2/c1-11(2)12-4-7-15(8-5-12)22-17(24)18(25)23-21-10-13-3-6-14(19)9-16(13)20/h3-11H,1-2H3,(H,22,24)(H,23,25)/b21-10+. The van der Waals surface area contributed by atoms with Crippen LogP contribution in [0.15, 0.2) is 47.6 Å². The summed E-state index contributed by atoms with van der Waals surface area (Å²) in [6.45, 7) is 4.15.